The molecule has 1 aromatic carbocycles. The van der Waals surface area contributed by atoms with Gasteiger partial charge in [0.05, 0.1) is 4.83 Å². The van der Waals surface area contributed by atoms with Gasteiger partial charge in [-0.15, -0.1) is 0 Å². The third-order valence-corrected chi connectivity index (χ3v) is 4.31. The summed E-state index contributed by atoms with van der Waals surface area (Å²) in [7, 11) is 0. The number of piperidine rings is 1. The molecular formula is C15H19BrFNO. The fourth-order valence-electron chi connectivity index (χ4n) is 2.53. The summed E-state index contributed by atoms with van der Waals surface area (Å²) in [6.45, 7) is 3.81. The van der Waals surface area contributed by atoms with Gasteiger partial charge in [0.1, 0.15) is 5.82 Å². The van der Waals surface area contributed by atoms with Crippen molar-refractivity contribution in [3.8, 4) is 0 Å². The molecule has 0 N–H and O–H groups in total. The van der Waals surface area contributed by atoms with Crippen molar-refractivity contribution >= 4 is 21.8 Å². The van der Waals surface area contributed by atoms with Crippen LogP contribution in [-0.2, 0) is 11.2 Å². The summed E-state index contributed by atoms with van der Waals surface area (Å²) in [4.78, 5) is 13.9. The molecule has 1 saturated heterocycles. The van der Waals surface area contributed by atoms with Gasteiger partial charge >= 0.3 is 0 Å². The van der Waals surface area contributed by atoms with Crippen LogP contribution in [-0.4, -0.2) is 28.7 Å². The zero-order valence-corrected chi connectivity index (χ0v) is 12.7. The SMILES string of the molecule is CC1CCCN(C(=O)C(Br)Cc2ccccc2F)C1. The van der Waals surface area contributed by atoms with Crippen LogP contribution in [0.25, 0.3) is 0 Å². The third kappa shape index (κ3) is 3.78. The lowest BCUT2D eigenvalue weighted by Crippen LogP contribution is -2.43. The lowest BCUT2D eigenvalue weighted by molar-refractivity contribution is -0.132. The van der Waals surface area contributed by atoms with Gasteiger partial charge < -0.3 is 4.90 Å². The number of alkyl halides is 1. The highest BCUT2D eigenvalue weighted by Crippen LogP contribution is 2.20. The number of amides is 1. The van der Waals surface area contributed by atoms with Gasteiger partial charge in [-0.25, -0.2) is 4.39 Å². The van der Waals surface area contributed by atoms with Gasteiger partial charge in [0.15, 0.2) is 0 Å². The highest BCUT2D eigenvalue weighted by atomic mass is 79.9. The van der Waals surface area contributed by atoms with Crippen LogP contribution in [0.3, 0.4) is 0 Å². The molecule has 1 aliphatic heterocycles. The molecule has 19 heavy (non-hydrogen) atoms. The van der Waals surface area contributed by atoms with Gasteiger partial charge in [0.2, 0.25) is 5.91 Å². The Morgan fingerprint density at radius 2 is 2.26 bits per heavy atom. The van der Waals surface area contributed by atoms with Crippen LogP contribution in [0.2, 0.25) is 0 Å². The zero-order valence-electron chi connectivity index (χ0n) is 11.1. The van der Waals surface area contributed by atoms with E-state index in [0.717, 1.165) is 19.5 Å². The summed E-state index contributed by atoms with van der Waals surface area (Å²) >= 11 is 3.41. The van der Waals surface area contributed by atoms with Crippen molar-refractivity contribution in [2.24, 2.45) is 5.92 Å². The first kappa shape index (κ1) is 14.5. The maximum absolute atomic E-state index is 13.6. The molecule has 1 heterocycles. The molecule has 1 aliphatic rings. The molecule has 0 spiro atoms. The second-order valence-electron chi connectivity index (χ2n) is 5.29. The average Bonchev–Trinajstić information content (AvgIpc) is 2.40. The normalized spacial score (nSPS) is 21.2. The summed E-state index contributed by atoms with van der Waals surface area (Å²) in [6, 6.07) is 6.62. The van der Waals surface area contributed by atoms with Crippen LogP contribution in [0, 0.1) is 11.7 Å². The molecule has 2 atom stereocenters. The number of hydrogen-bond donors (Lipinski definition) is 0. The predicted octanol–water partition coefficient (Wildman–Crippen LogP) is 3.39. The Labute approximate surface area is 122 Å². The number of benzene rings is 1. The molecule has 0 radical (unpaired) electrons. The minimum absolute atomic E-state index is 0.0785. The van der Waals surface area contributed by atoms with Crippen molar-refractivity contribution in [2.45, 2.75) is 31.0 Å². The molecule has 0 saturated carbocycles. The van der Waals surface area contributed by atoms with Gasteiger partial charge in [0.25, 0.3) is 0 Å². The lowest BCUT2D eigenvalue weighted by atomic mass is 9.99. The molecule has 0 aromatic heterocycles. The molecule has 1 aromatic rings. The Balaban J connectivity index is 1.97. The molecule has 4 heteroatoms. The summed E-state index contributed by atoms with van der Waals surface area (Å²) in [5.41, 5.74) is 0.586. The van der Waals surface area contributed by atoms with Gasteiger partial charge in [-0.3, -0.25) is 4.79 Å². The molecule has 0 bridgehead atoms. The Morgan fingerprint density at radius 3 is 2.95 bits per heavy atom. The van der Waals surface area contributed by atoms with Crippen LogP contribution >= 0.6 is 15.9 Å². The number of rotatable bonds is 3. The first-order chi connectivity index (χ1) is 9.08. The molecular weight excluding hydrogens is 309 g/mol. The second kappa shape index (κ2) is 6.51. The fraction of sp³-hybridized carbons (Fsp3) is 0.533. The second-order valence-corrected chi connectivity index (χ2v) is 6.40. The minimum atomic E-state index is -0.338. The highest BCUT2D eigenvalue weighted by molar-refractivity contribution is 9.10. The number of hydrogen-bond acceptors (Lipinski definition) is 1. The molecule has 2 rings (SSSR count). The van der Waals surface area contributed by atoms with Crippen LogP contribution in [0.15, 0.2) is 24.3 Å². The van der Waals surface area contributed by atoms with Crippen LogP contribution < -0.4 is 0 Å². The van der Waals surface area contributed by atoms with Crippen molar-refractivity contribution in [1.82, 2.24) is 4.90 Å². The maximum atomic E-state index is 13.6. The summed E-state index contributed by atoms with van der Waals surface area (Å²) in [5, 5.41) is 0. The Kier molecular flexibility index (Phi) is 4.97. The monoisotopic (exact) mass is 327 g/mol. The molecule has 1 amide bonds. The van der Waals surface area contributed by atoms with Crippen LogP contribution in [0.1, 0.15) is 25.3 Å². The fourth-order valence-corrected chi connectivity index (χ4v) is 3.17. The van der Waals surface area contributed by atoms with Crippen molar-refractivity contribution in [2.75, 3.05) is 13.1 Å². The number of carbonyl (C=O) groups excluding carboxylic acids is 1. The summed E-state index contributed by atoms with van der Waals surface area (Å²) < 4.78 is 13.6. The van der Waals surface area contributed by atoms with Gasteiger partial charge in [-0.2, -0.15) is 0 Å². The lowest BCUT2D eigenvalue weighted by Gasteiger charge is -2.32. The van der Waals surface area contributed by atoms with Crippen molar-refractivity contribution in [3.63, 3.8) is 0 Å². The molecule has 2 unspecified atom stereocenters. The van der Waals surface area contributed by atoms with E-state index in [-0.39, 0.29) is 16.6 Å². The van der Waals surface area contributed by atoms with Gasteiger partial charge in [0, 0.05) is 13.1 Å². The predicted molar refractivity (Wildman–Crippen MR) is 77.8 cm³/mol. The Bertz CT molecular complexity index is 452. The topological polar surface area (TPSA) is 20.3 Å². The van der Waals surface area contributed by atoms with Gasteiger partial charge in [-0.1, -0.05) is 41.1 Å². The molecule has 0 aliphatic carbocycles. The first-order valence-corrected chi connectivity index (χ1v) is 7.65. The third-order valence-electron chi connectivity index (χ3n) is 3.59. The van der Waals surface area contributed by atoms with E-state index in [2.05, 4.69) is 22.9 Å². The first-order valence-electron chi connectivity index (χ1n) is 6.74. The van der Waals surface area contributed by atoms with Crippen molar-refractivity contribution < 1.29 is 9.18 Å². The smallest absolute Gasteiger partial charge is 0.236 e. The van der Waals surface area contributed by atoms with Crippen LogP contribution in [0.4, 0.5) is 4.39 Å². The van der Waals surface area contributed by atoms with Crippen molar-refractivity contribution in [3.05, 3.63) is 35.6 Å². The maximum Gasteiger partial charge on any atom is 0.236 e. The number of likely N-dealkylation sites (tertiary alicyclic amines) is 1. The minimum Gasteiger partial charge on any atom is -0.341 e. The number of halogens is 2. The highest BCUT2D eigenvalue weighted by Gasteiger charge is 2.26. The van der Waals surface area contributed by atoms with Crippen LogP contribution in [0.5, 0.6) is 0 Å². The van der Waals surface area contributed by atoms with E-state index >= 15 is 0 Å². The zero-order chi connectivity index (χ0) is 13.8. The quantitative estimate of drug-likeness (QED) is 0.779. The Hall–Kier alpha value is -0.900. The van der Waals surface area contributed by atoms with E-state index in [4.69, 9.17) is 0 Å². The van der Waals surface area contributed by atoms with E-state index in [1.807, 2.05) is 4.90 Å². The summed E-state index contributed by atoms with van der Waals surface area (Å²) in [5.74, 6) is 0.396. The number of carbonyl (C=O) groups is 1. The van der Waals surface area contributed by atoms with E-state index in [1.165, 1.54) is 12.5 Å². The van der Waals surface area contributed by atoms with E-state index in [1.54, 1.807) is 18.2 Å². The van der Waals surface area contributed by atoms with E-state index in [0.29, 0.717) is 17.9 Å². The molecule has 2 nitrogen and oxygen atoms in total. The van der Waals surface area contributed by atoms with Crippen molar-refractivity contribution in [1.29, 1.82) is 0 Å². The average molecular weight is 328 g/mol. The largest absolute Gasteiger partial charge is 0.341 e. The Morgan fingerprint density at radius 1 is 1.53 bits per heavy atom. The number of nitrogens with zero attached hydrogens (tertiary/aromatic N) is 1. The molecule has 104 valence electrons. The summed E-state index contributed by atoms with van der Waals surface area (Å²) in [6.07, 6.45) is 2.65. The van der Waals surface area contributed by atoms with E-state index in [9.17, 15) is 9.18 Å². The molecule has 1 fully saturated rings. The van der Waals surface area contributed by atoms with Gasteiger partial charge in [-0.05, 0) is 36.8 Å². The van der Waals surface area contributed by atoms with E-state index < -0.39 is 0 Å². The standard InChI is InChI=1S/C15H19BrFNO/c1-11-5-4-8-18(10-11)15(19)13(16)9-12-6-2-3-7-14(12)17/h2-3,6-7,11,13H,4-5,8-10H2,1H3.